The smallest absolute Gasteiger partial charge is 0.159 e. The highest BCUT2D eigenvalue weighted by Crippen LogP contribution is 2.34. The monoisotopic (exact) mass is 562 g/mol. The number of imidazole rings is 1. The minimum atomic E-state index is 0.407. The number of piperidine rings is 1. The maximum absolute atomic E-state index is 6.64. The third-order valence-electron chi connectivity index (χ3n) is 8.34. The van der Waals surface area contributed by atoms with Gasteiger partial charge in [-0.05, 0) is 55.9 Å². The van der Waals surface area contributed by atoms with Gasteiger partial charge >= 0.3 is 0 Å². The summed E-state index contributed by atoms with van der Waals surface area (Å²) in [5, 5.41) is 7.60. The molecule has 8 nitrogen and oxygen atoms in total. The summed E-state index contributed by atoms with van der Waals surface area (Å²) >= 11 is 8.37. The highest BCUT2D eigenvalue weighted by Gasteiger charge is 2.28. The van der Waals surface area contributed by atoms with Crippen molar-refractivity contribution in [1.29, 1.82) is 0 Å². The Labute approximate surface area is 238 Å². The van der Waals surface area contributed by atoms with Gasteiger partial charge in [0.1, 0.15) is 16.3 Å². The highest BCUT2D eigenvalue weighted by molar-refractivity contribution is 7.09. The molecule has 2 saturated heterocycles. The zero-order valence-corrected chi connectivity index (χ0v) is 23.7. The van der Waals surface area contributed by atoms with Gasteiger partial charge in [-0.15, -0.1) is 11.3 Å². The molecule has 4 aromatic rings. The zero-order valence-electron chi connectivity index (χ0n) is 22.2. The third kappa shape index (κ3) is 5.77. The van der Waals surface area contributed by atoms with Crippen LogP contribution in [0.3, 0.4) is 0 Å². The topological polar surface area (TPSA) is 76.2 Å². The normalized spacial score (nSPS) is 19.7. The van der Waals surface area contributed by atoms with Gasteiger partial charge in [-0.2, -0.15) is 0 Å². The molecule has 39 heavy (non-hydrogen) atoms. The number of thiazole rings is 1. The molecule has 7 rings (SSSR count). The SMILES string of the molecule is Clc1cnc2[nH]c(-c3ccc(N4CCN(Cc5nccs5)CC4)cc3)nc2c1NC1CCN(CC2CC2)CC1. The van der Waals surface area contributed by atoms with E-state index in [2.05, 4.69) is 64.6 Å². The molecule has 0 amide bonds. The number of hydrogen-bond donors (Lipinski definition) is 2. The van der Waals surface area contributed by atoms with Crippen LogP contribution in [0.1, 0.15) is 30.7 Å². The minimum Gasteiger partial charge on any atom is -0.379 e. The second-order valence-electron chi connectivity index (χ2n) is 11.2. The summed E-state index contributed by atoms with van der Waals surface area (Å²) in [5.74, 6) is 1.77. The van der Waals surface area contributed by atoms with Crippen molar-refractivity contribution in [1.82, 2.24) is 29.7 Å². The largest absolute Gasteiger partial charge is 0.379 e. The van der Waals surface area contributed by atoms with Crippen LogP contribution < -0.4 is 10.2 Å². The molecule has 1 saturated carbocycles. The van der Waals surface area contributed by atoms with Crippen LogP contribution in [0.2, 0.25) is 5.02 Å². The lowest BCUT2D eigenvalue weighted by Gasteiger charge is -2.35. The number of H-pyrrole nitrogens is 1. The van der Waals surface area contributed by atoms with Crippen LogP contribution >= 0.6 is 22.9 Å². The number of rotatable bonds is 8. The molecule has 0 spiro atoms. The van der Waals surface area contributed by atoms with Crippen molar-refractivity contribution in [2.75, 3.05) is 56.0 Å². The summed E-state index contributed by atoms with van der Waals surface area (Å²) in [4.78, 5) is 24.9. The van der Waals surface area contributed by atoms with Crippen molar-refractivity contribution in [2.45, 2.75) is 38.3 Å². The zero-order chi connectivity index (χ0) is 26.2. The van der Waals surface area contributed by atoms with Crippen LogP contribution in [-0.2, 0) is 6.54 Å². The predicted molar refractivity (Wildman–Crippen MR) is 160 cm³/mol. The molecule has 0 unspecified atom stereocenters. The van der Waals surface area contributed by atoms with Gasteiger partial charge in [-0.3, -0.25) is 4.90 Å². The van der Waals surface area contributed by atoms with Crippen molar-refractivity contribution < 1.29 is 0 Å². The fourth-order valence-electron chi connectivity index (χ4n) is 5.85. The van der Waals surface area contributed by atoms with Gasteiger partial charge in [0.15, 0.2) is 5.65 Å². The second kappa shape index (κ2) is 11.0. The molecule has 1 aromatic carbocycles. The molecule has 0 radical (unpaired) electrons. The first-order chi connectivity index (χ1) is 19.2. The van der Waals surface area contributed by atoms with Gasteiger partial charge < -0.3 is 20.1 Å². The Hall–Kier alpha value is -2.72. The summed E-state index contributed by atoms with van der Waals surface area (Å²) < 4.78 is 0. The summed E-state index contributed by atoms with van der Waals surface area (Å²) in [6, 6.07) is 9.12. The number of nitrogens with one attached hydrogen (secondary N) is 2. The van der Waals surface area contributed by atoms with E-state index in [1.165, 1.54) is 30.1 Å². The van der Waals surface area contributed by atoms with Crippen molar-refractivity contribution >= 4 is 45.5 Å². The third-order valence-corrected chi connectivity index (χ3v) is 9.39. The lowest BCUT2D eigenvalue weighted by molar-refractivity contribution is 0.211. The number of halogens is 1. The maximum atomic E-state index is 6.64. The Balaban J connectivity index is 1.01. The van der Waals surface area contributed by atoms with Crippen LogP contribution in [0.15, 0.2) is 42.0 Å². The van der Waals surface area contributed by atoms with E-state index < -0.39 is 0 Å². The van der Waals surface area contributed by atoms with Crippen molar-refractivity contribution in [3.05, 3.63) is 52.1 Å². The number of hydrogen-bond acceptors (Lipinski definition) is 8. The van der Waals surface area contributed by atoms with E-state index in [1.807, 2.05) is 6.20 Å². The van der Waals surface area contributed by atoms with Crippen LogP contribution in [-0.4, -0.2) is 81.6 Å². The molecule has 2 aliphatic heterocycles. The van der Waals surface area contributed by atoms with Gasteiger partial charge in [-0.25, -0.2) is 15.0 Å². The van der Waals surface area contributed by atoms with E-state index in [9.17, 15) is 0 Å². The van der Waals surface area contributed by atoms with Gasteiger partial charge in [-0.1, -0.05) is 11.6 Å². The average Bonchev–Trinajstić information content (AvgIpc) is 3.43. The molecule has 3 fully saturated rings. The first-order valence-corrected chi connectivity index (χ1v) is 15.4. The molecule has 1 aliphatic carbocycles. The molecule has 3 aromatic heterocycles. The molecule has 10 heteroatoms. The number of aromatic nitrogens is 4. The lowest BCUT2D eigenvalue weighted by atomic mass is 10.0. The molecular formula is C29H35ClN8S. The number of nitrogens with zero attached hydrogens (tertiary/aromatic N) is 6. The Morgan fingerprint density at radius 3 is 2.46 bits per heavy atom. The van der Waals surface area contributed by atoms with Crippen LogP contribution in [0.5, 0.6) is 0 Å². The van der Waals surface area contributed by atoms with E-state index in [0.29, 0.717) is 11.1 Å². The van der Waals surface area contributed by atoms with Crippen LogP contribution in [0.25, 0.3) is 22.6 Å². The number of pyridine rings is 1. The van der Waals surface area contributed by atoms with Gasteiger partial charge in [0.05, 0.1) is 23.5 Å². The molecule has 2 N–H and O–H groups in total. The van der Waals surface area contributed by atoms with Gasteiger partial charge in [0, 0.05) is 74.7 Å². The van der Waals surface area contributed by atoms with E-state index in [-0.39, 0.29) is 0 Å². The number of anilines is 2. The number of benzene rings is 1. The minimum absolute atomic E-state index is 0.407. The van der Waals surface area contributed by atoms with Crippen molar-refractivity contribution in [2.24, 2.45) is 5.92 Å². The van der Waals surface area contributed by atoms with E-state index in [0.717, 1.165) is 92.8 Å². The molecule has 0 atom stereocenters. The fourth-order valence-corrected chi connectivity index (χ4v) is 6.70. The maximum Gasteiger partial charge on any atom is 0.159 e. The van der Waals surface area contributed by atoms with Crippen molar-refractivity contribution in [3.63, 3.8) is 0 Å². The van der Waals surface area contributed by atoms with Gasteiger partial charge in [0.2, 0.25) is 0 Å². The molecule has 204 valence electrons. The lowest BCUT2D eigenvalue weighted by Crippen LogP contribution is -2.45. The molecule has 3 aliphatic rings. The Morgan fingerprint density at radius 2 is 1.74 bits per heavy atom. The number of fused-ring (bicyclic) bond motifs is 1. The predicted octanol–water partition coefficient (Wildman–Crippen LogP) is 5.34. The summed E-state index contributed by atoms with van der Waals surface area (Å²) in [5.41, 5.74) is 4.79. The molecular weight excluding hydrogens is 528 g/mol. The molecule has 5 heterocycles. The highest BCUT2D eigenvalue weighted by atomic mass is 35.5. The number of piperazine rings is 1. The Bertz CT molecular complexity index is 1380. The van der Waals surface area contributed by atoms with Crippen molar-refractivity contribution in [3.8, 4) is 11.4 Å². The Kier molecular flexibility index (Phi) is 7.15. The summed E-state index contributed by atoms with van der Waals surface area (Å²) in [7, 11) is 0. The summed E-state index contributed by atoms with van der Waals surface area (Å²) in [6.07, 6.45) is 8.71. The number of aromatic amines is 1. The van der Waals surface area contributed by atoms with Crippen LogP contribution in [0, 0.1) is 5.92 Å². The van der Waals surface area contributed by atoms with E-state index in [4.69, 9.17) is 16.6 Å². The van der Waals surface area contributed by atoms with E-state index >= 15 is 0 Å². The first-order valence-electron chi connectivity index (χ1n) is 14.2. The standard InChI is InChI=1S/C29H35ClN8S/c30-24-17-32-29-27(26(24)33-22-7-10-36(11-8-22)18-20-1-2-20)34-28(35-29)21-3-5-23(6-4-21)38-14-12-37(13-15-38)19-25-31-9-16-39-25/h3-6,9,16-17,20,22H,1-2,7-8,10-15,18-19H2,(H2,32,33,34,35). The molecule has 0 bridgehead atoms. The Morgan fingerprint density at radius 1 is 0.949 bits per heavy atom. The van der Waals surface area contributed by atoms with Gasteiger partial charge in [0.25, 0.3) is 0 Å². The van der Waals surface area contributed by atoms with E-state index in [1.54, 1.807) is 17.5 Å². The second-order valence-corrected chi connectivity index (χ2v) is 12.5. The summed E-state index contributed by atoms with van der Waals surface area (Å²) in [6.45, 7) is 8.67. The van der Waals surface area contributed by atoms with Crippen LogP contribution in [0.4, 0.5) is 11.4 Å². The fraction of sp³-hybridized carbons (Fsp3) is 0.483. The number of likely N-dealkylation sites (tertiary alicyclic amines) is 1. The average molecular weight is 563 g/mol. The quantitative estimate of drug-likeness (QED) is 0.300. The first kappa shape index (κ1) is 25.3.